The van der Waals surface area contributed by atoms with Gasteiger partial charge in [-0.25, -0.2) is 8.78 Å². The van der Waals surface area contributed by atoms with Gasteiger partial charge in [-0.3, -0.25) is 0 Å². The van der Waals surface area contributed by atoms with Crippen molar-refractivity contribution >= 4 is 17.3 Å². The Kier molecular flexibility index (Phi) is 3.30. The molecule has 0 radical (unpaired) electrons. The summed E-state index contributed by atoms with van der Waals surface area (Å²) in [6.07, 6.45) is 0.920. The highest BCUT2D eigenvalue weighted by molar-refractivity contribution is 6.33. The topological polar surface area (TPSA) is 29.3 Å². The number of rotatable bonds is 2. The molecular weight excluding hydrogens is 234 g/mol. The zero-order valence-corrected chi connectivity index (χ0v) is 9.47. The van der Waals surface area contributed by atoms with Gasteiger partial charge in [-0.1, -0.05) is 11.6 Å². The van der Waals surface area contributed by atoms with Crippen LogP contribution in [0.15, 0.2) is 12.1 Å². The van der Waals surface area contributed by atoms with Crippen LogP contribution < -0.4 is 10.6 Å². The third kappa shape index (κ3) is 2.13. The second-order valence-corrected chi connectivity index (χ2v) is 4.46. The molecule has 2 N–H and O–H groups in total. The van der Waals surface area contributed by atoms with Crippen molar-refractivity contribution in [2.24, 2.45) is 11.7 Å². The van der Waals surface area contributed by atoms with Gasteiger partial charge in [0.1, 0.15) is 5.82 Å². The molecular formula is C11H13ClF2N2. The molecule has 1 atom stereocenters. The molecule has 1 fully saturated rings. The molecule has 2 rings (SSSR count). The maximum absolute atomic E-state index is 13.6. The third-order valence-electron chi connectivity index (χ3n) is 2.92. The predicted molar refractivity (Wildman–Crippen MR) is 60.7 cm³/mol. The Morgan fingerprint density at radius 3 is 2.75 bits per heavy atom. The maximum Gasteiger partial charge on any atom is 0.150 e. The molecule has 0 aromatic heterocycles. The fraction of sp³-hybridized carbons (Fsp3) is 0.455. The van der Waals surface area contributed by atoms with Crippen LogP contribution >= 0.6 is 11.6 Å². The molecule has 1 aliphatic rings. The molecule has 1 heterocycles. The zero-order valence-electron chi connectivity index (χ0n) is 8.72. The Bertz CT molecular complexity index is 375. The molecule has 1 saturated heterocycles. The van der Waals surface area contributed by atoms with Gasteiger partial charge < -0.3 is 10.6 Å². The van der Waals surface area contributed by atoms with Gasteiger partial charge in [0, 0.05) is 19.2 Å². The van der Waals surface area contributed by atoms with E-state index in [2.05, 4.69) is 0 Å². The Balaban J connectivity index is 2.28. The highest BCUT2D eigenvalue weighted by Crippen LogP contribution is 2.33. The van der Waals surface area contributed by atoms with E-state index in [1.54, 1.807) is 0 Å². The predicted octanol–water partition coefficient (Wildman–Crippen LogP) is 2.40. The number of nitrogens with two attached hydrogens (primary N) is 1. The van der Waals surface area contributed by atoms with Crippen LogP contribution in [0.5, 0.6) is 0 Å². The first-order chi connectivity index (χ1) is 7.61. The van der Waals surface area contributed by atoms with E-state index in [0.29, 0.717) is 31.2 Å². The van der Waals surface area contributed by atoms with Crippen LogP contribution in [0.2, 0.25) is 5.02 Å². The number of anilines is 1. The van der Waals surface area contributed by atoms with Crippen molar-refractivity contribution < 1.29 is 8.78 Å². The summed E-state index contributed by atoms with van der Waals surface area (Å²) in [7, 11) is 0. The summed E-state index contributed by atoms with van der Waals surface area (Å²) in [6.45, 7) is 1.97. The monoisotopic (exact) mass is 246 g/mol. The highest BCUT2D eigenvalue weighted by atomic mass is 35.5. The summed E-state index contributed by atoms with van der Waals surface area (Å²) < 4.78 is 26.5. The number of nitrogens with zero attached hydrogens (tertiary/aromatic N) is 1. The van der Waals surface area contributed by atoms with E-state index < -0.39 is 11.6 Å². The molecule has 0 aliphatic carbocycles. The van der Waals surface area contributed by atoms with Gasteiger partial charge in [-0.2, -0.15) is 0 Å². The number of benzene rings is 1. The molecule has 1 aromatic rings. The van der Waals surface area contributed by atoms with Gasteiger partial charge in [0.05, 0.1) is 10.7 Å². The molecule has 16 heavy (non-hydrogen) atoms. The van der Waals surface area contributed by atoms with Crippen LogP contribution in [0.25, 0.3) is 0 Å². The van der Waals surface area contributed by atoms with E-state index in [9.17, 15) is 8.78 Å². The van der Waals surface area contributed by atoms with Gasteiger partial charge in [-0.15, -0.1) is 0 Å². The standard InChI is InChI=1S/C11H13ClF2N2/c12-9-3-8(13)4-10(14)11(9)16-2-1-7(5-15)6-16/h3-4,7H,1-2,5-6,15H2. The lowest BCUT2D eigenvalue weighted by Gasteiger charge is -2.20. The van der Waals surface area contributed by atoms with Crippen molar-refractivity contribution in [2.45, 2.75) is 6.42 Å². The second-order valence-electron chi connectivity index (χ2n) is 4.05. The maximum atomic E-state index is 13.6. The summed E-state index contributed by atoms with van der Waals surface area (Å²) in [5.74, 6) is -0.899. The average Bonchev–Trinajstić information content (AvgIpc) is 2.64. The minimum Gasteiger partial charge on any atom is -0.368 e. The first-order valence-corrected chi connectivity index (χ1v) is 5.59. The fourth-order valence-corrected chi connectivity index (χ4v) is 2.38. The zero-order chi connectivity index (χ0) is 11.7. The van der Waals surface area contributed by atoms with Crippen LogP contribution in [0, 0.1) is 17.6 Å². The average molecular weight is 247 g/mol. The third-order valence-corrected chi connectivity index (χ3v) is 3.21. The molecule has 0 bridgehead atoms. The van der Waals surface area contributed by atoms with E-state index >= 15 is 0 Å². The molecule has 88 valence electrons. The summed E-state index contributed by atoms with van der Waals surface area (Å²) >= 11 is 5.85. The number of hydrogen-bond acceptors (Lipinski definition) is 2. The SMILES string of the molecule is NCC1CCN(c2c(F)cc(F)cc2Cl)C1. The summed E-state index contributed by atoms with van der Waals surface area (Å²) in [4.78, 5) is 1.83. The Labute approximate surface area is 98.0 Å². The van der Waals surface area contributed by atoms with Crippen molar-refractivity contribution in [3.05, 3.63) is 28.8 Å². The molecule has 0 amide bonds. The van der Waals surface area contributed by atoms with Crippen LogP contribution in [0.1, 0.15) is 6.42 Å². The van der Waals surface area contributed by atoms with Crippen molar-refractivity contribution in [1.82, 2.24) is 0 Å². The Hall–Kier alpha value is -0.870. The van der Waals surface area contributed by atoms with E-state index in [-0.39, 0.29) is 5.02 Å². The molecule has 1 unspecified atom stereocenters. The normalized spacial score (nSPS) is 20.5. The lowest BCUT2D eigenvalue weighted by atomic mass is 10.1. The summed E-state index contributed by atoms with van der Waals surface area (Å²) in [5, 5.41) is 0.121. The Morgan fingerprint density at radius 1 is 1.44 bits per heavy atom. The largest absolute Gasteiger partial charge is 0.368 e. The van der Waals surface area contributed by atoms with Crippen molar-refractivity contribution in [3.8, 4) is 0 Å². The van der Waals surface area contributed by atoms with Gasteiger partial charge in [0.25, 0.3) is 0 Å². The number of halogens is 3. The van der Waals surface area contributed by atoms with Crippen molar-refractivity contribution in [3.63, 3.8) is 0 Å². The van der Waals surface area contributed by atoms with Gasteiger partial charge in [0.15, 0.2) is 5.82 Å². The van der Waals surface area contributed by atoms with Crippen molar-refractivity contribution in [1.29, 1.82) is 0 Å². The van der Waals surface area contributed by atoms with Gasteiger partial charge >= 0.3 is 0 Å². The fourth-order valence-electron chi connectivity index (χ4n) is 2.06. The molecule has 2 nitrogen and oxygen atoms in total. The summed E-state index contributed by atoms with van der Waals surface area (Å²) in [6, 6.07) is 1.99. The van der Waals surface area contributed by atoms with Crippen molar-refractivity contribution in [2.75, 3.05) is 24.5 Å². The number of hydrogen-bond donors (Lipinski definition) is 1. The second kappa shape index (κ2) is 4.55. The van der Waals surface area contributed by atoms with Gasteiger partial charge in [-0.05, 0) is 24.9 Å². The lowest BCUT2D eigenvalue weighted by Crippen LogP contribution is -2.23. The van der Waals surface area contributed by atoms with E-state index in [4.69, 9.17) is 17.3 Å². The van der Waals surface area contributed by atoms with E-state index in [0.717, 1.165) is 18.6 Å². The van der Waals surface area contributed by atoms with E-state index in [1.807, 2.05) is 4.90 Å². The van der Waals surface area contributed by atoms with Crippen LogP contribution in [-0.4, -0.2) is 19.6 Å². The molecule has 1 aromatic carbocycles. The highest BCUT2D eigenvalue weighted by Gasteiger charge is 2.25. The molecule has 0 spiro atoms. The molecule has 1 aliphatic heterocycles. The minimum absolute atomic E-state index is 0.121. The van der Waals surface area contributed by atoms with Crippen LogP contribution in [0.4, 0.5) is 14.5 Å². The molecule has 5 heteroatoms. The van der Waals surface area contributed by atoms with Crippen LogP contribution in [0.3, 0.4) is 0 Å². The molecule has 0 saturated carbocycles. The minimum atomic E-state index is -0.652. The Morgan fingerprint density at radius 2 is 2.19 bits per heavy atom. The van der Waals surface area contributed by atoms with Gasteiger partial charge in [0.2, 0.25) is 0 Å². The first-order valence-electron chi connectivity index (χ1n) is 5.21. The lowest BCUT2D eigenvalue weighted by molar-refractivity contribution is 0.578. The smallest absolute Gasteiger partial charge is 0.150 e. The first kappa shape index (κ1) is 11.6. The van der Waals surface area contributed by atoms with Crippen LogP contribution in [-0.2, 0) is 0 Å². The summed E-state index contributed by atoms with van der Waals surface area (Å²) in [5.41, 5.74) is 5.85. The van der Waals surface area contributed by atoms with E-state index in [1.165, 1.54) is 0 Å². The quantitative estimate of drug-likeness (QED) is 0.868.